The maximum Gasteiger partial charge on any atom is 0.243 e. The Bertz CT molecular complexity index is 922. The Labute approximate surface area is 158 Å². The highest BCUT2D eigenvalue weighted by Gasteiger charge is 2.32. The van der Waals surface area contributed by atoms with E-state index in [1.54, 1.807) is 14.2 Å². The third-order valence-corrected chi connectivity index (χ3v) is 5.14. The van der Waals surface area contributed by atoms with Crippen LogP contribution in [0.3, 0.4) is 0 Å². The first-order valence-electron chi connectivity index (χ1n) is 9.08. The van der Waals surface area contributed by atoms with Crippen molar-refractivity contribution >= 4 is 5.95 Å². The maximum absolute atomic E-state index is 5.60. The summed E-state index contributed by atoms with van der Waals surface area (Å²) in [6.45, 7) is 2.16. The number of aryl methyl sites for hydroxylation is 1. The molecule has 0 saturated heterocycles. The van der Waals surface area contributed by atoms with Crippen LogP contribution in [0.5, 0.6) is 11.5 Å². The van der Waals surface area contributed by atoms with Crippen LogP contribution in [-0.2, 0) is 6.42 Å². The fourth-order valence-electron chi connectivity index (χ4n) is 3.60. The summed E-state index contributed by atoms with van der Waals surface area (Å²) >= 11 is 0. The van der Waals surface area contributed by atoms with Crippen molar-refractivity contribution in [2.45, 2.75) is 31.8 Å². The Morgan fingerprint density at radius 3 is 2.63 bits per heavy atom. The van der Waals surface area contributed by atoms with Crippen molar-refractivity contribution in [2.24, 2.45) is 0 Å². The van der Waals surface area contributed by atoms with Gasteiger partial charge in [-0.1, -0.05) is 36.3 Å². The first-order valence-corrected chi connectivity index (χ1v) is 9.08. The highest BCUT2D eigenvalue weighted by atomic mass is 16.5. The van der Waals surface area contributed by atoms with Crippen LogP contribution in [0.1, 0.15) is 42.1 Å². The van der Waals surface area contributed by atoms with Gasteiger partial charge in [0, 0.05) is 5.56 Å². The normalized spacial score (nSPS) is 18.5. The molecule has 1 N–H and O–H groups in total. The molecule has 1 aliphatic rings. The van der Waals surface area contributed by atoms with Crippen molar-refractivity contribution in [1.82, 2.24) is 20.2 Å². The van der Waals surface area contributed by atoms with Crippen LogP contribution in [0, 0.1) is 0 Å². The average molecular weight is 365 g/mol. The lowest BCUT2D eigenvalue weighted by atomic mass is 9.92. The van der Waals surface area contributed by atoms with E-state index in [0.29, 0.717) is 5.95 Å². The molecule has 1 aliphatic heterocycles. The minimum Gasteiger partial charge on any atom is -0.497 e. The fourth-order valence-corrected chi connectivity index (χ4v) is 3.60. The molecule has 0 aliphatic carbocycles. The van der Waals surface area contributed by atoms with Gasteiger partial charge in [0.25, 0.3) is 0 Å². The highest BCUT2D eigenvalue weighted by Crippen LogP contribution is 2.41. The topological polar surface area (TPSA) is 74.1 Å². The Morgan fingerprint density at radius 2 is 1.93 bits per heavy atom. The van der Waals surface area contributed by atoms with Gasteiger partial charge in [-0.15, -0.1) is 0 Å². The number of nitrogens with one attached hydrogen (secondary N) is 1. The van der Waals surface area contributed by atoms with Gasteiger partial charge >= 0.3 is 0 Å². The highest BCUT2D eigenvalue weighted by molar-refractivity contribution is 5.46. The molecule has 0 unspecified atom stereocenters. The average Bonchev–Trinajstić information content (AvgIpc) is 3.21. The summed E-state index contributed by atoms with van der Waals surface area (Å²) in [7, 11) is 3.34. The van der Waals surface area contributed by atoms with Crippen LogP contribution in [-0.4, -0.2) is 34.4 Å². The van der Waals surface area contributed by atoms with Crippen LogP contribution >= 0.6 is 0 Å². The third kappa shape index (κ3) is 3.20. The Balaban J connectivity index is 1.74. The largest absolute Gasteiger partial charge is 0.497 e. The van der Waals surface area contributed by atoms with Crippen molar-refractivity contribution in [3.05, 3.63) is 59.2 Å². The van der Waals surface area contributed by atoms with Gasteiger partial charge in [-0.3, -0.25) is 0 Å². The molecule has 3 aromatic rings. The van der Waals surface area contributed by atoms with E-state index < -0.39 is 0 Å². The molecule has 0 spiro atoms. The number of benzene rings is 2. The molecule has 0 saturated carbocycles. The van der Waals surface area contributed by atoms with E-state index >= 15 is 0 Å². The molecule has 2 heterocycles. The molecule has 27 heavy (non-hydrogen) atoms. The van der Waals surface area contributed by atoms with Crippen LogP contribution in [0.4, 0.5) is 5.95 Å². The number of anilines is 1. The standard InChI is InChI=1S/C20H23N5O2/c1-4-13-5-7-14(8-6-13)17-12-18(25-20(21-17)22-23-24-25)16-11-15(26-2)9-10-19(16)27-3/h5-11,17-18H,4,12H2,1-3H3,(H,21,22,24)/t17-,18+/m1/s1. The van der Waals surface area contributed by atoms with E-state index in [-0.39, 0.29) is 12.1 Å². The van der Waals surface area contributed by atoms with Crippen molar-refractivity contribution in [3.8, 4) is 11.5 Å². The van der Waals surface area contributed by atoms with Gasteiger partial charge < -0.3 is 14.8 Å². The summed E-state index contributed by atoms with van der Waals surface area (Å²) in [5, 5.41) is 15.7. The lowest BCUT2D eigenvalue weighted by molar-refractivity contribution is 0.371. The molecule has 0 fully saturated rings. The third-order valence-electron chi connectivity index (χ3n) is 5.14. The summed E-state index contributed by atoms with van der Waals surface area (Å²) in [6, 6.07) is 14.6. The van der Waals surface area contributed by atoms with Crippen molar-refractivity contribution < 1.29 is 9.47 Å². The van der Waals surface area contributed by atoms with Gasteiger partial charge in [-0.05, 0) is 52.6 Å². The summed E-state index contributed by atoms with van der Waals surface area (Å²) < 4.78 is 12.8. The van der Waals surface area contributed by atoms with E-state index in [1.807, 2.05) is 22.9 Å². The predicted molar refractivity (Wildman–Crippen MR) is 102 cm³/mol. The zero-order valence-electron chi connectivity index (χ0n) is 15.7. The first kappa shape index (κ1) is 17.3. The molecular weight excluding hydrogens is 342 g/mol. The van der Waals surface area contributed by atoms with Gasteiger partial charge in [-0.2, -0.15) is 0 Å². The lowest BCUT2D eigenvalue weighted by Gasteiger charge is -2.31. The number of ether oxygens (including phenoxy) is 2. The van der Waals surface area contributed by atoms with E-state index in [4.69, 9.17) is 9.47 Å². The van der Waals surface area contributed by atoms with Crippen molar-refractivity contribution in [1.29, 1.82) is 0 Å². The summed E-state index contributed by atoms with van der Waals surface area (Å²) in [4.78, 5) is 0. The number of hydrogen-bond donors (Lipinski definition) is 1. The number of nitrogens with zero attached hydrogens (tertiary/aromatic N) is 4. The number of rotatable bonds is 5. The smallest absolute Gasteiger partial charge is 0.243 e. The van der Waals surface area contributed by atoms with E-state index in [0.717, 1.165) is 29.9 Å². The fraction of sp³-hybridized carbons (Fsp3) is 0.350. The number of fused-ring (bicyclic) bond motifs is 1. The lowest BCUT2D eigenvalue weighted by Crippen LogP contribution is -2.28. The number of tetrazole rings is 1. The Morgan fingerprint density at radius 1 is 1.11 bits per heavy atom. The van der Waals surface area contributed by atoms with Crippen molar-refractivity contribution in [2.75, 3.05) is 19.5 Å². The molecule has 7 heteroatoms. The van der Waals surface area contributed by atoms with Crippen LogP contribution in [0.2, 0.25) is 0 Å². The number of hydrogen-bond acceptors (Lipinski definition) is 6. The monoisotopic (exact) mass is 365 g/mol. The molecule has 4 rings (SSSR count). The minimum absolute atomic E-state index is 0.0582. The Kier molecular flexibility index (Phi) is 4.66. The molecule has 1 aromatic heterocycles. The summed E-state index contributed by atoms with van der Waals surface area (Å²) in [6.07, 6.45) is 1.83. The van der Waals surface area contributed by atoms with Gasteiger partial charge in [0.15, 0.2) is 0 Å². The van der Waals surface area contributed by atoms with Gasteiger partial charge in [-0.25, -0.2) is 4.68 Å². The summed E-state index contributed by atoms with van der Waals surface area (Å²) in [5.41, 5.74) is 3.54. The van der Waals surface area contributed by atoms with Crippen molar-refractivity contribution in [3.63, 3.8) is 0 Å². The number of aromatic nitrogens is 4. The molecule has 140 valence electrons. The summed E-state index contributed by atoms with van der Waals surface area (Å²) in [5.74, 6) is 2.23. The molecule has 0 radical (unpaired) electrons. The van der Waals surface area contributed by atoms with E-state index in [2.05, 4.69) is 52.0 Å². The predicted octanol–water partition coefficient (Wildman–Crippen LogP) is 3.40. The first-order chi connectivity index (χ1) is 13.2. The van der Waals surface area contributed by atoms with Gasteiger partial charge in [0.2, 0.25) is 5.95 Å². The van der Waals surface area contributed by atoms with Gasteiger partial charge in [0.1, 0.15) is 11.5 Å². The molecule has 2 atom stereocenters. The molecule has 7 nitrogen and oxygen atoms in total. The van der Waals surface area contributed by atoms with Crippen LogP contribution in [0.15, 0.2) is 42.5 Å². The van der Waals surface area contributed by atoms with Gasteiger partial charge in [0.05, 0.1) is 26.3 Å². The SMILES string of the molecule is CCc1ccc([C@H]2C[C@@H](c3cc(OC)ccc3OC)n3nnnc3N2)cc1. The van der Waals surface area contributed by atoms with E-state index in [9.17, 15) is 0 Å². The molecule has 0 amide bonds. The number of methoxy groups -OCH3 is 2. The van der Waals surface area contributed by atoms with Crippen LogP contribution in [0.25, 0.3) is 0 Å². The molecule has 0 bridgehead atoms. The molecule has 2 aromatic carbocycles. The second-order valence-corrected chi connectivity index (χ2v) is 6.60. The second-order valence-electron chi connectivity index (χ2n) is 6.60. The zero-order chi connectivity index (χ0) is 18.8. The minimum atomic E-state index is -0.0582. The molecular formula is C20H23N5O2. The van der Waals surface area contributed by atoms with E-state index in [1.165, 1.54) is 11.1 Å². The quantitative estimate of drug-likeness (QED) is 0.747. The zero-order valence-corrected chi connectivity index (χ0v) is 15.7. The van der Waals surface area contributed by atoms with Crippen LogP contribution < -0.4 is 14.8 Å². The Hall–Kier alpha value is -3.09. The second kappa shape index (κ2) is 7.26. The maximum atomic E-state index is 5.60.